The van der Waals surface area contributed by atoms with Gasteiger partial charge in [0.05, 0.1) is 24.7 Å². The van der Waals surface area contributed by atoms with Crippen LogP contribution in [-0.4, -0.2) is 53.6 Å². The van der Waals surface area contributed by atoms with E-state index in [9.17, 15) is 10.2 Å². The van der Waals surface area contributed by atoms with Gasteiger partial charge in [0.2, 0.25) is 0 Å². The smallest absolute Gasteiger partial charge is 0.165 e. The van der Waals surface area contributed by atoms with Crippen LogP contribution in [0.2, 0.25) is 0 Å². The highest BCUT2D eigenvalue weighted by atomic mass is 16.7. The van der Waals surface area contributed by atoms with Crippen molar-refractivity contribution in [1.82, 2.24) is 0 Å². The molecule has 1 heterocycles. The van der Waals surface area contributed by atoms with E-state index in [-0.39, 0.29) is 6.61 Å². The molecule has 0 radical (unpaired) electrons. The van der Waals surface area contributed by atoms with Crippen LogP contribution < -0.4 is 0 Å². The predicted octanol–water partition coefficient (Wildman–Crippen LogP) is -0.512. The predicted molar refractivity (Wildman–Crippen MR) is 53.2 cm³/mol. The van der Waals surface area contributed by atoms with Crippen molar-refractivity contribution in [2.24, 2.45) is 5.92 Å². The van der Waals surface area contributed by atoms with Crippen LogP contribution in [0.5, 0.6) is 0 Å². The lowest BCUT2D eigenvalue weighted by Crippen LogP contribution is -2.55. The monoisotopic (exact) mass is 220 g/mol. The molecule has 0 amide bonds. The molecule has 0 spiro atoms. The molecule has 5 heteroatoms. The topological polar surface area (TPSA) is 79.2 Å². The molecule has 0 saturated carbocycles. The van der Waals surface area contributed by atoms with Gasteiger partial charge in [-0.3, -0.25) is 0 Å². The lowest BCUT2D eigenvalue weighted by atomic mass is 9.90. The number of rotatable bonds is 4. The van der Waals surface area contributed by atoms with Gasteiger partial charge in [-0.1, -0.05) is 13.3 Å². The second-order valence-corrected chi connectivity index (χ2v) is 3.89. The van der Waals surface area contributed by atoms with E-state index in [4.69, 9.17) is 14.6 Å². The molecule has 1 rings (SSSR count). The van der Waals surface area contributed by atoms with Crippen LogP contribution in [0.3, 0.4) is 0 Å². The van der Waals surface area contributed by atoms with Gasteiger partial charge in [0.15, 0.2) is 6.29 Å². The summed E-state index contributed by atoms with van der Waals surface area (Å²) >= 11 is 0. The van der Waals surface area contributed by atoms with Gasteiger partial charge < -0.3 is 24.8 Å². The summed E-state index contributed by atoms with van der Waals surface area (Å²) in [6.45, 7) is 1.71. The molecule has 3 N–H and O–H groups in total. The molecule has 3 unspecified atom stereocenters. The van der Waals surface area contributed by atoms with E-state index >= 15 is 0 Å². The summed E-state index contributed by atoms with van der Waals surface area (Å²) < 4.78 is 10.5. The number of aliphatic hydroxyl groups excluding tert-OH is 3. The minimum absolute atomic E-state index is 0.268. The largest absolute Gasteiger partial charge is 0.396 e. The molecule has 0 aromatic heterocycles. The van der Waals surface area contributed by atoms with Crippen molar-refractivity contribution in [1.29, 1.82) is 0 Å². The molecule has 1 aliphatic rings. The second-order valence-electron chi connectivity index (χ2n) is 3.89. The molecule has 5 nitrogen and oxygen atoms in total. The average molecular weight is 220 g/mol. The van der Waals surface area contributed by atoms with Gasteiger partial charge in [0.1, 0.15) is 6.10 Å². The maximum absolute atomic E-state index is 9.77. The first-order valence-electron chi connectivity index (χ1n) is 5.30. The zero-order valence-corrected chi connectivity index (χ0v) is 9.17. The summed E-state index contributed by atoms with van der Waals surface area (Å²) in [4.78, 5) is 0. The highest BCUT2D eigenvalue weighted by Crippen LogP contribution is 2.28. The molecule has 5 atom stereocenters. The highest BCUT2D eigenvalue weighted by molar-refractivity contribution is 4.88. The summed E-state index contributed by atoms with van der Waals surface area (Å²) in [5, 5.41) is 28.6. The van der Waals surface area contributed by atoms with Crippen molar-refractivity contribution in [3.05, 3.63) is 0 Å². The normalized spacial score (nSPS) is 41.8. The molecule has 0 aromatic carbocycles. The van der Waals surface area contributed by atoms with Crippen molar-refractivity contribution >= 4 is 0 Å². The zero-order chi connectivity index (χ0) is 11.4. The molecule has 0 bridgehead atoms. The van der Waals surface area contributed by atoms with Crippen LogP contribution >= 0.6 is 0 Å². The van der Waals surface area contributed by atoms with Gasteiger partial charge in [-0.05, 0) is 6.42 Å². The Morgan fingerprint density at radius 2 is 1.93 bits per heavy atom. The minimum atomic E-state index is -0.995. The standard InChI is InChI=1S/C10H20O5/c1-3-4-7-9(13)8(12)6(5-11)10(14-2)15-7/h6-13H,3-5H2,1-2H3/t6?,7?,8?,9-,10+/m1/s1. The van der Waals surface area contributed by atoms with Gasteiger partial charge >= 0.3 is 0 Å². The molecule has 90 valence electrons. The second kappa shape index (κ2) is 5.77. The molecule has 0 aliphatic carbocycles. The van der Waals surface area contributed by atoms with Gasteiger partial charge in [-0.15, -0.1) is 0 Å². The fourth-order valence-corrected chi connectivity index (χ4v) is 1.94. The Kier molecular flexibility index (Phi) is 4.95. The number of hydrogen-bond donors (Lipinski definition) is 3. The highest BCUT2D eigenvalue weighted by Gasteiger charge is 2.43. The first kappa shape index (κ1) is 12.9. The average Bonchev–Trinajstić information content (AvgIpc) is 2.24. The SMILES string of the molecule is CCCC1O[C@H](OC)C(CO)C(O)[C@@H]1O. The molecular formula is C10H20O5. The van der Waals surface area contributed by atoms with E-state index < -0.39 is 30.5 Å². The summed E-state index contributed by atoms with van der Waals surface area (Å²) in [6.07, 6.45) is -1.49. The lowest BCUT2D eigenvalue weighted by Gasteiger charge is -2.41. The van der Waals surface area contributed by atoms with Crippen molar-refractivity contribution in [2.75, 3.05) is 13.7 Å². The molecule has 1 aliphatic heterocycles. The van der Waals surface area contributed by atoms with E-state index in [1.165, 1.54) is 7.11 Å². The van der Waals surface area contributed by atoms with Crippen molar-refractivity contribution in [3.63, 3.8) is 0 Å². The van der Waals surface area contributed by atoms with Gasteiger partial charge in [-0.25, -0.2) is 0 Å². The van der Waals surface area contributed by atoms with E-state index in [0.29, 0.717) is 6.42 Å². The Morgan fingerprint density at radius 3 is 2.40 bits per heavy atom. The minimum Gasteiger partial charge on any atom is -0.396 e. The van der Waals surface area contributed by atoms with Crippen LogP contribution in [0.15, 0.2) is 0 Å². The zero-order valence-electron chi connectivity index (χ0n) is 9.17. The van der Waals surface area contributed by atoms with E-state index in [1.54, 1.807) is 0 Å². The van der Waals surface area contributed by atoms with Crippen molar-refractivity contribution in [2.45, 2.75) is 44.4 Å². The van der Waals surface area contributed by atoms with Crippen LogP contribution in [0, 0.1) is 5.92 Å². The maximum Gasteiger partial charge on any atom is 0.165 e. The maximum atomic E-state index is 9.77. The summed E-state index contributed by atoms with van der Waals surface area (Å²) in [7, 11) is 1.46. The van der Waals surface area contributed by atoms with Crippen LogP contribution in [0.1, 0.15) is 19.8 Å². The fourth-order valence-electron chi connectivity index (χ4n) is 1.94. The number of hydrogen-bond acceptors (Lipinski definition) is 5. The Balaban J connectivity index is 2.68. The van der Waals surface area contributed by atoms with Crippen molar-refractivity contribution in [3.8, 4) is 0 Å². The summed E-state index contributed by atoms with van der Waals surface area (Å²) in [6, 6.07) is 0. The number of methoxy groups -OCH3 is 1. The third-order valence-corrected chi connectivity index (χ3v) is 2.84. The Bertz CT molecular complexity index is 183. The molecule has 1 saturated heterocycles. The first-order chi connectivity index (χ1) is 7.15. The lowest BCUT2D eigenvalue weighted by molar-refractivity contribution is -0.279. The molecule has 0 aromatic rings. The van der Waals surface area contributed by atoms with Crippen molar-refractivity contribution < 1.29 is 24.8 Å². The number of ether oxygens (including phenoxy) is 2. The molecule has 15 heavy (non-hydrogen) atoms. The molecular weight excluding hydrogens is 200 g/mol. The van der Waals surface area contributed by atoms with Gasteiger partial charge in [-0.2, -0.15) is 0 Å². The Morgan fingerprint density at radius 1 is 1.27 bits per heavy atom. The van der Waals surface area contributed by atoms with Crippen LogP contribution in [0.25, 0.3) is 0 Å². The van der Waals surface area contributed by atoms with Gasteiger partial charge in [0.25, 0.3) is 0 Å². The van der Waals surface area contributed by atoms with E-state index in [2.05, 4.69) is 0 Å². The van der Waals surface area contributed by atoms with Crippen LogP contribution in [-0.2, 0) is 9.47 Å². The summed E-state index contributed by atoms with van der Waals surface area (Å²) in [5.74, 6) is -0.585. The number of aliphatic hydroxyl groups is 3. The third-order valence-electron chi connectivity index (χ3n) is 2.84. The Hall–Kier alpha value is -0.200. The summed E-state index contributed by atoms with van der Waals surface area (Å²) in [5.41, 5.74) is 0. The first-order valence-corrected chi connectivity index (χ1v) is 5.30. The van der Waals surface area contributed by atoms with Crippen LogP contribution in [0.4, 0.5) is 0 Å². The van der Waals surface area contributed by atoms with E-state index in [1.807, 2.05) is 6.92 Å². The van der Waals surface area contributed by atoms with E-state index in [0.717, 1.165) is 6.42 Å². The quantitative estimate of drug-likeness (QED) is 0.594. The Labute approximate surface area is 89.6 Å². The molecule has 1 fully saturated rings. The van der Waals surface area contributed by atoms with Gasteiger partial charge in [0, 0.05) is 7.11 Å². The fraction of sp³-hybridized carbons (Fsp3) is 1.00. The third kappa shape index (κ3) is 2.68.